The summed E-state index contributed by atoms with van der Waals surface area (Å²) in [5, 5.41) is 0. The van der Waals surface area contributed by atoms with Crippen molar-refractivity contribution in [1.29, 1.82) is 0 Å². The van der Waals surface area contributed by atoms with Crippen LogP contribution in [0, 0.1) is 6.92 Å². The van der Waals surface area contributed by atoms with E-state index >= 15 is 0 Å². The van der Waals surface area contributed by atoms with Gasteiger partial charge in [-0.1, -0.05) is 6.07 Å². The Balaban J connectivity index is 2.53. The molecule has 0 amide bonds. The predicted molar refractivity (Wildman–Crippen MR) is 59.6 cm³/mol. The third-order valence-electron chi connectivity index (χ3n) is 2.43. The number of hydrogen-bond donors (Lipinski definition) is 1. The second kappa shape index (κ2) is 2.70. The number of aryl methyl sites for hydroxylation is 1. The molecule has 0 bridgehead atoms. The van der Waals surface area contributed by atoms with Crippen molar-refractivity contribution in [1.82, 2.24) is 14.4 Å². The Morgan fingerprint density at radius 3 is 2.87 bits per heavy atom. The molecule has 0 saturated heterocycles. The van der Waals surface area contributed by atoms with E-state index in [9.17, 15) is 0 Å². The molecule has 0 aliphatic rings. The lowest BCUT2D eigenvalue weighted by Gasteiger charge is -1.96. The van der Waals surface area contributed by atoms with Crippen molar-refractivity contribution in [2.45, 2.75) is 6.92 Å². The first kappa shape index (κ1) is 8.23. The second-order valence-corrected chi connectivity index (χ2v) is 3.63. The van der Waals surface area contributed by atoms with Crippen LogP contribution in [0.1, 0.15) is 5.56 Å². The highest BCUT2D eigenvalue weighted by Gasteiger charge is 2.04. The molecule has 0 saturated carbocycles. The van der Waals surface area contributed by atoms with Gasteiger partial charge in [0.1, 0.15) is 11.5 Å². The minimum atomic E-state index is 0.502. The molecule has 3 aromatic rings. The number of aromatic nitrogens is 3. The summed E-state index contributed by atoms with van der Waals surface area (Å²) in [6.07, 6.45) is 2.04. The SMILES string of the molecule is Cc1ccc2nc3nc(N)ccc3n2c1. The highest BCUT2D eigenvalue weighted by Crippen LogP contribution is 2.16. The summed E-state index contributed by atoms with van der Waals surface area (Å²) in [4.78, 5) is 8.58. The predicted octanol–water partition coefficient (Wildman–Crippen LogP) is 1.77. The molecule has 0 unspecified atom stereocenters. The van der Waals surface area contributed by atoms with E-state index in [1.54, 1.807) is 6.07 Å². The lowest BCUT2D eigenvalue weighted by molar-refractivity contribution is 1.19. The Morgan fingerprint density at radius 1 is 1.13 bits per heavy atom. The van der Waals surface area contributed by atoms with Gasteiger partial charge in [-0.15, -0.1) is 0 Å². The van der Waals surface area contributed by atoms with Gasteiger partial charge in [0.25, 0.3) is 0 Å². The smallest absolute Gasteiger partial charge is 0.180 e. The van der Waals surface area contributed by atoms with Gasteiger partial charge in [0, 0.05) is 6.20 Å². The standard InChI is InChI=1S/C11H10N4/c1-7-2-5-10-14-11-8(15(10)6-7)3-4-9(12)13-11/h2-6H,1H3,(H2,12,13). The molecule has 0 fully saturated rings. The number of hydrogen-bond acceptors (Lipinski definition) is 3. The summed E-state index contributed by atoms with van der Waals surface area (Å²) in [6, 6.07) is 7.74. The maximum absolute atomic E-state index is 5.62. The van der Waals surface area contributed by atoms with Crippen LogP contribution in [0.3, 0.4) is 0 Å². The van der Waals surface area contributed by atoms with Crippen molar-refractivity contribution >= 4 is 22.6 Å². The van der Waals surface area contributed by atoms with Crippen LogP contribution in [-0.4, -0.2) is 14.4 Å². The van der Waals surface area contributed by atoms with Crippen molar-refractivity contribution < 1.29 is 0 Å². The monoisotopic (exact) mass is 198 g/mol. The quantitative estimate of drug-likeness (QED) is 0.599. The highest BCUT2D eigenvalue weighted by molar-refractivity contribution is 5.78. The van der Waals surface area contributed by atoms with E-state index in [1.807, 2.05) is 28.8 Å². The molecule has 0 spiro atoms. The van der Waals surface area contributed by atoms with Crippen LogP contribution in [0.25, 0.3) is 16.8 Å². The molecule has 0 radical (unpaired) electrons. The Kier molecular flexibility index (Phi) is 1.48. The molecule has 3 aromatic heterocycles. The summed E-state index contributed by atoms with van der Waals surface area (Å²) < 4.78 is 2.02. The lowest BCUT2D eigenvalue weighted by atomic mass is 10.3. The molecule has 0 aromatic carbocycles. The van der Waals surface area contributed by atoms with Crippen LogP contribution < -0.4 is 5.73 Å². The van der Waals surface area contributed by atoms with Gasteiger partial charge in [0.2, 0.25) is 0 Å². The molecular formula is C11H10N4. The Hall–Kier alpha value is -2.10. The van der Waals surface area contributed by atoms with Gasteiger partial charge in [-0.05, 0) is 30.7 Å². The molecule has 3 rings (SSSR count). The van der Waals surface area contributed by atoms with Crippen molar-refractivity contribution in [3.8, 4) is 0 Å². The zero-order chi connectivity index (χ0) is 10.4. The number of anilines is 1. The number of pyridine rings is 2. The Labute approximate surface area is 86.4 Å². The third-order valence-corrected chi connectivity index (χ3v) is 2.43. The molecule has 3 heterocycles. The summed E-state index contributed by atoms with van der Waals surface area (Å²) in [5.74, 6) is 0.502. The molecule has 15 heavy (non-hydrogen) atoms. The van der Waals surface area contributed by atoms with E-state index in [4.69, 9.17) is 5.73 Å². The summed E-state index contributed by atoms with van der Waals surface area (Å²) in [6.45, 7) is 2.05. The van der Waals surface area contributed by atoms with Gasteiger partial charge in [0.05, 0.1) is 5.52 Å². The van der Waals surface area contributed by atoms with Crippen molar-refractivity contribution in [3.05, 3.63) is 36.0 Å². The number of fused-ring (bicyclic) bond motifs is 3. The van der Waals surface area contributed by atoms with Gasteiger partial charge in [-0.3, -0.25) is 4.40 Å². The first-order valence-corrected chi connectivity index (χ1v) is 4.75. The van der Waals surface area contributed by atoms with E-state index in [0.29, 0.717) is 11.5 Å². The fraction of sp³-hybridized carbons (Fsp3) is 0.0909. The van der Waals surface area contributed by atoms with E-state index in [0.717, 1.165) is 11.2 Å². The van der Waals surface area contributed by atoms with E-state index < -0.39 is 0 Å². The van der Waals surface area contributed by atoms with Gasteiger partial charge in [-0.25, -0.2) is 9.97 Å². The number of nitrogen functional groups attached to an aromatic ring is 1. The largest absolute Gasteiger partial charge is 0.384 e. The molecular weight excluding hydrogens is 188 g/mol. The van der Waals surface area contributed by atoms with Crippen LogP contribution in [0.5, 0.6) is 0 Å². The van der Waals surface area contributed by atoms with Crippen LogP contribution in [0.4, 0.5) is 5.82 Å². The summed E-state index contributed by atoms with van der Waals surface area (Å²) in [7, 11) is 0. The first-order chi connectivity index (χ1) is 7.24. The maximum Gasteiger partial charge on any atom is 0.180 e. The number of imidazole rings is 1. The van der Waals surface area contributed by atoms with E-state index in [2.05, 4.69) is 16.9 Å². The molecule has 0 aliphatic heterocycles. The van der Waals surface area contributed by atoms with Crippen LogP contribution in [-0.2, 0) is 0 Å². The maximum atomic E-state index is 5.62. The molecule has 2 N–H and O–H groups in total. The van der Waals surface area contributed by atoms with Gasteiger partial charge in [0.15, 0.2) is 5.65 Å². The van der Waals surface area contributed by atoms with Crippen molar-refractivity contribution in [3.63, 3.8) is 0 Å². The minimum Gasteiger partial charge on any atom is -0.384 e. The normalized spacial score (nSPS) is 11.3. The summed E-state index contributed by atoms with van der Waals surface area (Å²) >= 11 is 0. The summed E-state index contributed by atoms with van der Waals surface area (Å²) in [5.41, 5.74) is 9.39. The van der Waals surface area contributed by atoms with E-state index in [-0.39, 0.29) is 0 Å². The first-order valence-electron chi connectivity index (χ1n) is 4.75. The molecule has 4 nitrogen and oxygen atoms in total. The van der Waals surface area contributed by atoms with Crippen LogP contribution in [0.15, 0.2) is 30.5 Å². The molecule has 4 heteroatoms. The average Bonchev–Trinajstić information content (AvgIpc) is 2.54. The molecule has 0 atom stereocenters. The average molecular weight is 198 g/mol. The molecule has 0 aliphatic carbocycles. The topological polar surface area (TPSA) is 56.2 Å². The Morgan fingerprint density at radius 2 is 2.00 bits per heavy atom. The van der Waals surface area contributed by atoms with Crippen molar-refractivity contribution in [2.24, 2.45) is 0 Å². The van der Waals surface area contributed by atoms with E-state index in [1.165, 1.54) is 5.56 Å². The lowest BCUT2D eigenvalue weighted by Crippen LogP contribution is -1.89. The van der Waals surface area contributed by atoms with Crippen LogP contribution in [0.2, 0.25) is 0 Å². The van der Waals surface area contributed by atoms with Gasteiger partial charge >= 0.3 is 0 Å². The van der Waals surface area contributed by atoms with Gasteiger partial charge in [-0.2, -0.15) is 0 Å². The van der Waals surface area contributed by atoms with Gasteiger partial charge < -0.3 is 5.73 Å². The second-order valence-electron chi connectivity index (χ2n) is 3.63. The fourth-order valence-electron chi connectivity index (χ4n) is 1.72. The zero-order valence-electron chi connectivity index (χ0n) is 8.31. The number of nitrogens with two attached hydrogens (primary N) is 1. The fourth-order valence-corrected chi connectivity index (χ4v) is 1.72. The highest BCUT2D eigenvalue weighted by atomic mass is 15.1. The van der Waals surface area contributed by atoms with Crippen molar-refractivity contribution in [2.75, 3.05) is 5.73 Å². The third kappa shape index (κ3) is 1.15. The van der Waals surface area contributed by atoms with Crippen LogP contribution >= 0.6 is 0 Å². The number of nitrogens with zero attached hydrogens (tertiary/aromatic N) is 3. The zero-order valence-corrected chi connectivity index (χ0v) is 8.31. The minimum absolute atomic E-state index is 0.502. The Bertz CT molecular complexity index is 654. The number of rotatable bonds is 0. The molecule has 74 valence electrons.